The van der Waals surface area contributed by atoms with E-state index in [1.54, 1.807) is 6.07 Å². The lowest BCUT2D eigenvalue weighted by atomic mass is 9.51. The van der Waals surface area contributed by atoms with Crippen LogP contribution in [-0.4, -0.2) is 46.5 Å². The maximum atomic E-state index is 13.0. The van der Waals surface area contributed by atoms with Crippen LogP contribution >= 0.6 is 11.8 Å². The van der Waals surface area contributed by atoms with Crippen LogP contribution < -0.4 is 4.74 Å². The molecule has 0 spiro atoms. The molecular formula is C33H41F5O3S. The fourth-order valence-corrected chi connectivity index (χ4v) is 8.90. The van der Waals surface area contributed by atoms with E-state index in [0.717, 1.165) is 50.7 Å². The molecule has 2 N–H and O–H groups in total. The smallest absolute Gasteiger partial charge is 0.453 e. The second-order valence-electron chi connectivity index (χ2n) is 12.7. The molecule has 0 radical (unpaired) electrons. The van der Waals surface area contributed by atoms with E-state index in [4.69, 9.17) is 4.74 Å². The molecule has 0 aliphatic heterocycles. The van der Waals surface area contributed by atoms with Crippen LogP contribution in [0.25, 0.3) is 0 Å². The Morgan fingerprint density at radius 2 is 1.69 bits per heavy atom. The van der Waals surface area contributed by atoms with Crippen LogP contribution in [0.5, 0.6) is 11.5 Å². The third-order valence-electron chi connectivity index (χ3n) is 10.1. The third kappa shape index (κ3) is 6.42. The van der Waals surface area contributed by atoms with Gasteiger partial charge in [0.1, 0.15) is 11.5 Å². The lowest BCUT2D eigenvalue weighted by molar-refractivity contribution is -0.284. The number of alkyl halides is 5. The standard InChI is InChI=1S/C33H41F5O3S/c1-31-20-27(30-25-12-8-23(39)19-22(25)7-11-26(30)28(31)13-14-29(31)40)21-5-9-24(10-6-21)41-16-2-3-17-42-18-4-15-32(34,35)33(36,37)38/h5-6,8-10,12,19,26-30,39-40H,2-4,7,11,13-18,20H2,1H3/t26-,27+,28-,29-,30+,31-/m0/s1. The zero-order chi connectivity index (χ0) is 30.1. The number of thioether (sulfide) groups is 1. The van der Waals surface area contributed by atoms with Gasteiger partial charge in [0.05, 0.1) is 12.7 Å². The topological polar surface area (TPSA) is 49.7 Å². The Morgan fingerprint density at radius 3 is 2.43 bits per heavy atom. The number of benzene rings is 2. The molecule has 2 aromatic rings. The molecule has 6 atom stereocenters. The number of phenolic OH excluding ortho intramolecular Hbond substituents is 1. The predicted molar refractivity (Wildman–Crippen MR) is 156 cm³/mol. The number of rotatable bonds is 11. The van der Waals surface area contributed by atoms with Gasteiger partial charge in [-0.05, 0) is 133 Å². The first-order chi connectivity index (χ1) is 19.9. The molecule has 42 heavy (non-hydrogen) atoms. The number of aliphatic hydroxyl groups excluding tert-OH is 1. The van der Waals surface area contributed by atoms with Gasteiger partial charge in [0.2, 0.25) is 0 Å². The minimum Gasteiger partial charge on any atom is -0.508 e. The summed E-state index contributed by atoms with van der Waals surface area (Å²) in [6, 6.07) is 14.1. The fraction of sp³-hybridized carbons (Fsp3) is 0.636. The molecule has 232 valence electrons. The summed E-state index contributed by atoms with van der Waals surface area (Å²) in [5, 5.41) is 21.2. The Hall–Kier alpha value is -2.00. The maximum absolute atomic E-state index is 13.0. The van der Waals surface area contributed by atoms with Crippen molar-refractivity contribution in [2.75, 3.05) is 18.1 Å². The molecule has 5 rings (SSSR count). The number of aromatic hydroxyl groups is 1. The van der Waals surface area contributed by atoms with E-state index in [1.807, 2.05) is 18.2 Å². The largest absolute Gasteiger partial charge is 0.508 e. The number of fused-ring (bicyclic) bond motifs is 5. The van der Waals surface area contributed by atoms with E-state index >= 15 is 0 Å². The fourth-order valence-electron chi connectivity index (χ4n) is 7.94. The number of hydrogen-bond acceptors (Lipinski definition) is 4. The molecule has 0 bridgehead atoms. The molecule has 3 nitrogen and oxygen atoms in total. The van der Waals surface area contributed by atoms with Gasteiger partial charge in [0.25, 0.3) is 0 Å². The zero-order valence-corrected chi connectivity index (χ0v) is 24.8. The molecule has 9 heteroatoms. The first-order valence-electron chi connectivity index (χ1n) is 15.2. The van der Waals surface area contributed by atoms with Gasteiger partial charge < -0.3 is 14.9 Å². The number of ether oxygens (including phenoxy) is 1. The van der Waals surface area contributed by atoms with Crippen LogP contribution in [0.3, 0.4) is 0 Å². The van der Waals surface area contributed by atoms with E-state index in [2.05, 4.69) is 25.1 Å². The van der Waals surface area contributed by atoms with Gasteiger partial charge in [-0.25, -0.2) is 0 Å². The molecular weight excluding hydrogens is 571 g/mol. The normalized spacial score (nSPS) is 29.1. The Labute approximate surface area is 249 Å². The van der Waals surface area contributed by atoms with Crippen molar-refractivity contribution >= 4 is 11.8 Å². The lowest BCUT2D eigenvalue weighted by Gasteiger charge is -2.54. The lowest BCUT2D eigenvalue weighted by Crippen LogP contribution is -2.47. The van der Waals surface area contributed by atoms with Gasteiger partial charge in [-0.2, -0.15) is 33.7 Å². The van der Waals surface area contributed by atoms with Crippen LogP contribution in [0.4, 0.5) is 22.0 Å². The van der Waals surface area contributed by atoms with Gasteiger partial charge >= 0.3 is 12.1 Å². The van der Waals surface area contributed by atoms with E-state index in [1.165, 1.54) is 28.5 Å². The van der Waals surface area contributed by atoms with Crippen molar-refractivity contribution in [3.05, 3.63) is 59.2 Å². The number of halogens is 5. The van der Waals surface area contributed by atoms with Crippen LogP contribution in [-0.2, 0) is 6.42 Å². The second kappa shape index (κ2) is 12.5. The molecule has 0 heterocycles. The SMILES string of the molecule is C[C@]12C[C@H](c3ccc(OCCCCSCCCC(F)(F)C(F)(F)F)cc3)[C@@H]3c4ccc(O)cc4CC[C@H]3[C@@H]1CC[C@@H]2O. The molecule has 2 saturated carbocycles. The molecule has 0 amide bonds. The average molecular weight is 613 g/mol. The van der Waals surface area contributed by atoms with Crippen molar-refractivity contribution in [2.45, 2.75) is 94.7 Å². The van der Waals surface area contributed by atoms with Gasteiger partial charge in [0.15, 0.2) is 0 Å². The van der Waals surface area contributed by atoms with Crippen molar-refractivity contribution in [3.8, 4) is 11.5 Å². The molecule has 0 aromatic heterocycles. The predicted octanol–water partition coefficient (Wildman–Crippen LogP) is 8.87. The summed E-state index contributed by atoms with van der Waals surface area (Å²) in [4.78, 5) is 0. The van der Waals surface area contributed by atoms with Crippen LogP contribution in [0.1, 0.15) is 86.8 Å². The van der Waals surface area contributed by atoms with Crippen molar-refractivity contribution in [1.82, 2.24) is 0 Å². The van der Waals surface area contributed by atoms with Gasteiger partial charge in [-0.15, -0.1) is 0 Å². The molecule has 2 aromatic carbocycles. The number of unbranched alkanes of at least 4 members (excludes halogenated alkanes) is 1. The zero-order valence-electron chi connectivity index (χ0n) is 24.0. The quantitative estimate of drug-likeness (QED) is 0.197. The van der Waals surface area contributed by atoms with E-state index in [-0.39, 0.29) is 29.6 Å². The highest BCUT2D eigenvalue weighted by Gasteiger charge is 2.58. The second-order valence-corrected chi connectivity index (χ2v) is 13.9. The van der Waals surface area contributed by atoms with Gasteiger partial charge in [-0.3, -0.25) is 0 Å². The molecule has 0 unspecified atom stereocenters. The van der Waals surface area contributed by atoms with Crippen LogP contribution in [0.2, 0.25) is 0 Å². The minimum atomic E-state index is -5.47. The first-order valence-corrected chi connectivity index (χ1v) is 16.3. The van der Waals surface area contributed by atoms with Crippen molar-refractivity contribution in [2.24, 2.45) is 17.3 Å². The summed E-state index contributed by atoms with van der Waals surface area (Å²) in [6.45, 7) is 2.78. The highest BCUT2D eigenvalue weighted by atomic mass is 32.2. The van der Waals surface area contributed by atoms with E-state index < -0.39 is 18.5 Å². The van der Waals surface area contributed by atoms with Crippen molar-refractivity contribution in [3.63, 3.8) is 0 Å². The molecule has 3 aliphatic rings. The number of aliphatic hydroxyl groups is 1. The average Bonchev–Trinajstić information content (AvgIpc) is 3.24. The van der Waals surface area contributed by atoms with Crippen LogP contribution in [0, 0.1) is 17.3 Å². The maximum Gasteiger partial charge on any atom is 0.453 e. The van der Waals surface area contributed by atoms with Gasteiger partial charge in [0, 0.05) is 6.42 Å². The highest BCUT2D eigenvalue weighted by Crippen LogP contribution is 2.65. The third-order valence-corrected chi connectivity index (χ3v) is 11.3. The number of hydrogen-bond donors (Lipinski definition) is 2. The Bertz CT molecular complexity index is 1200. The first kappa shape index (κ1) is 31.4. The number of phenols is 1. The Kier molecular flexibility index (Phi) is 9.39. The Balaban J connectivity index is 1.14. The van der Waals surface area contributed by atoms with Gasteiger partial charge in [-0.1, -0.05) is 25.1 Å². The minimum absolute atomic E-state index is 0.105. The summed E-state index contributed by atoms with van der Waals surface area (Å²) >= 11 is 1.39. The summed E-state index contributed by atoms with van der Waals surface area (Å²) in [5.41, 5.74) is 3.71. The van der Waals surface area contributed by atoms with Crippen molar-refractivity contribution in [1.29, 1.82) is 0 Å². The molecule has 0 saturated heterocycles. The van der Waals surface area contributed by atoms with Crippen LogP contribution in [0.15, 0.2) is 42.5 Å². The summed E-state index contributed by atoms with van der Waals surface area (Å²) < 4.78 is 68.5. The van der Waals surface area contributed by atoms with Crippen molar-refractivity contribution < 1.29 is 36.9 Å². The summed E-state index contributed by atoms with van der Waals surface area (Å²) in [5.74, 6) is -0.960. The highest BCUT2D eigenvalue weighted by molar-refractivity contribution is 7.99. The number of aryl methyl sites for hydroxylation is 1. The molecule has 2 fully saturated rings. The monoisotopic (exact) mass is 612 g/mol. The summed E-state index contributed by atoms with van der Waals surface area (Å²) in [7, 11) is 0. The summed E-state index contributed by atoms with van der Waals surface area (Å²) in [6.07, 6.45) is -0.655. The molecule has 3 aliphatic carbocycles. The van der Waals surface area contributed by atoms with E-state index in [9.17, 15) is 32.2 Å². The van der Waals surface area contributed by atoms with E-state index in [0.29, 0.717) is 35.9 Å². The Morgan fingerprint density at radius 1 is 0.952 bits per heavy atom.